The Morgan fingerprint density at radius 2 is 2.28 bits per heavy atom. The van der Waals surface area contributed by atoms with Crippen molar-refractivity contribution in [2.45, 2.75) is 11.4 Å². The Hall–Kier alpha value is -1.75. The molecule has 2 rings (SSSR count). The number of nitrogens with one attached hydrogen (secondary N) is 1. The molecule has 0 aliphatic carbocycles. The highest BCUT2D eigenvalue weighted by Gasteiger charge is 2.18. The molecule has 1 N–H and O–H groups in total. The maximum Gasteiger partial charge on any atom is 0.243 e. The normalized spacial score (nSPS) is 11.1. The maximum absolute atomic E-state index is 12.0. The summed E-state index contributed by atoms with van der Waals surface area (Å²) in [5.41, 5.74) is 0.779. The quantitative estimate of drug-likeness (QED) is 0.919. The number of aromatic nitrogens is 1. The summed E-state index contributed by atoms with van der Waals surface area (Å²) < 4.78 is 26.5. The lowest BCUT2D eigenvalue weighted by molar-refractivity contribution is 0.580. The molecule has 2 aromatic rings. The van der Waals surface area contributed by atoms with Gasteiger partial charge in [0.2, 0.25) is 10.0 Å². The van der Waals surface area contributed by atoms with Crippen LogP contribution in [0.4, 0.5) is 0 Å². The van der Waals surface area contributed by atoms with E-state index in [1.807, 2.05) is 16.8 Å². The monoisotopic (exact) mass is 279 g/mol. The molecule has 0 spiro atoms. The van der Waals surface area contributed by atoms with E-state index in [2.05, 4.69) is 9.71 Å². The highest BCUT2D eigenvalue weighted by Crippen LogP contribution is 2.13. The lowest BCUT2D eigenvalue weighted by Crippen LogP contribution is -2.24. The van der Waals surface area contributed by atoms with Crippen LogP contribution in [0.15, 0.2) is 40.1 Å². The Morgan fingerprint density at radius 1 is 1.44 bits per heavy atom. The maximum atomic E-state index is 12.0. The van der Waals surface area contributed by atoms with E-state index in [1.54, 1.807) is 6.07 Å². The third-order valence-electron chi connectivity index (χ3n) is 2.21. The van der Waals surface area contributed by atoms with Gasteiger partial charge in [-0.15, -0.1) is 0 Å². The van der Waals surface area contributed by atoms with Crippen LogP contribution >= 0.6 is 11.3 Å². The summed E-state index contributed by atoms with van der Waals surface area (Å²) in [6, 6.07) is 6.45. The van der Waals surface area contributed by atoms with E-state index in [0.717, 1.165) is 5.56 Å². The van der Waals surface area contributed by atoms with E-state index in [1.165, 1.54) is 29.7 Å². The molecule has 0 radical (unpaired) electrons. The van der Waals surface area contributed by atoms with Gasteiger partial charge in [0.25, 0.3) is 0 Å². The van der Waals surface area contributed by atoms with Gasteiger partial charge in [-0.3, -0.25) is 0 Å². The summed E-state index contributed by atoms with van der Waals surface area (Å²) >= 11 is 1.49. The van der Waals surface area contributed by atoms with Crippen LogP contribution in [0.25, 0.3) is 0 Å². The van der Waals surface area contributed by atoms with Gasteiger partial charge in [0.1, 0.15) is 11.0 Å². The number of thiophene rings is 1. The van der Waals surface area contributed by atoms with Gasteiger partial charge in [0.05, 0.1) is 0 Å². The van der Waals surface area contributed by atoms with Crippen LogP contribution in [-0.4, -0.2) is 13.4 Å². The zero-order valence-electron chi connectivity index (χ0n) is 9.20. The lowest BCUT2D eigenvalue weighted by Gasteiger charge is -2.06. The molecule has 0 aliphatic heterocycles. The molecule has 0 bridgehead atoms. The summed E-state index contributed by atoms with van der Waals surface area (Å²) in [4.78, 5) is 3.64. The standard InChI is InChI=1S/C11H9N3O2S2/c12-6-10-11(2-1-4-13-10)18(15,16)14-7-9-3-5-17-8-9/h1-5,8,14H,7H2. The topological polar surface area (TPSA) is 82.8 Å². The van der Waals surface area contributed by atoms with Gasteiger partial charge in [-0.05, 0) is 34.5 Å². The Labute approximate surface area is 109 Å². The first kappa shape index (κ1) is 12.7. The van der Waals surface area contributed by atoms with Crippen LogP contribution in [0.5, 0.6) is 0 Å². The van der Waals surface area contributed by atoms with E-state index >= 15 is 0 Å². The minimum Gasteiger partial charge on any atom is -0.244 e. The smallest absolute Gasteiger partial charge is 0.243 e. The Bertz CT molecular complexity index is 673. The summed E-state index contributed by atoms with van der Waals surface area (Å²) in [5, 5.41) is 12.6. The van der Waals surface area contributed by atoms with Crippen molar-refractivity contribution in [3.05, 3.63) is 46.4 Å². The summed E-state index contributed by atoms with van der Waals surface area (Å²) in [5.74, 6) is 0. The molecule has 0 saturated heterocycles. The summed E-state index contributed by atoms with van der Waals surface area (Å²) in [7, 11) is -3.71. The number of sulfonamides is 1. The van der Waals surface area contributed by atoms with Gasteiger partial charge in [-0.25, -0.2) is 18.1 Å². The summed E-state index contributed by atoms with van der Waals surface area (Å²) in [6.07, 6.45) is 1.39. The van der Waals surface area contributed by atoms with Crippen LogP contribution in [0, 0.1) is 11.3 Å². The van der Waals surface area contributed by atoms with Crippen molar-refractivity contribution in [3.8, 4) is 6.07 Å². The molecule has 0 saturated carbocycles. The van der Waals surface area contributed by atoms with Crippen molar-refractivity contribution in [2.75, 3.05) is 0 Å². The number of nitrogens with zero attached hydrogens (tertiary/aromatic N) is 2. The second-order valence-electron chi connectivity index (χ2n) is 3.42. The summed E-state index contributed by atoms with van der Waals surface area (Å²) in [6.45, 7) is 0.200. The van der Waals surface area contributed by atoms with Gasteiger partial charge in [0, 0.05) is 12.7 Å². The SMILES string of the molecule is N#Cc1ncccc1S(=O)(=O)NCc1ccsc1. The highest BCUT2D eigenvalue weighted by molar-refractivity contribution is 7.89. The van der Waals surface area contributed by atoms with Gasteiger partial charge < -0.3 is 0 Å². The van der Waals surface area contributed by atoms with Gasteiger partial charge in [-0.2, -0.15) is 16.6 Å². The van der Waals surface area contributed by atoms with Crippen molar-refractivity contribution in [1.82, 2.24) is 9.71 Å². The van der Waals surface area contributed by atoms with Crippen LogP contribution in [0.1, 0.15) is 11.3 Å². The number of pyridine rings is 1. The highest BCUT2D eigenvalue weighted by atomic mass is 32.2. The van der Waals surface area contributed by atoms with Crippen molar-refractivity contribution < 1.29 is 8.42 Å². The van der Waals surface area contributed by atoms with Crippen molar-refractivity contribution in [1.29, 1.82) is 5.26 Å². The molecule has 0 aliphatic rings. The number of rotatable bonds is 4. The van der Waals surface area contributed by atoms with Crippen molar-refractivity contribution >= 4 is 21.4 Å². The molecule has 18 heavy (non-hydrogen) atoms. The Kier molecular flexibility index (Phi) is 3.72. The average molecular weight is 279 g/mol. The molecule has 0 unspecified atom stereocenters. The Morgan fingerprint density at radius 3 is 2.94 bits per heavy atom. The fraction of sp³-hybridized carbons (Fsp3) is 0.0909. The first-order valence-corrected chi connectivity index (χ1v) is 7.42. The van der Waals surface area contributed by atoms with Gasteiger partial charge >= 0.3 is 0 Å². The van der Waals surface area contributed by atoms with E-state index in [9.17, 15) is 8.42 Å². The molecule has 2 heterocycles. The molecule has 0 aromatic carbocycles. The second-order valence-corrected chi connectivity index (χ2v) is 5.93. The minimum absolute atomic E-state index is 0.0947. The predicted octanol–water partition coefficient (Wildman–Crippen LogP) is 1.49. The predicted molar refractivity (Wildman–Crippen MR) is 67.3 cm³/mol. The average Bonchev–Trinajstić information content (AvgIpc) is 2.89. The fourth-order valence-corrected chi connectivity index (χ4v) is 3.13. The Balaban J connectivity index is 2.23. The molecular weight excluding hydrogens is 270 g/mol. The first-order valence-electron chi connectivity index (χ1n) is 4.99. The fourth-order valence-electron chi connectivity index (χ4n) is 1.34. The lowest BCUT2D eigenvalue weighted by atomic mass is 10.4. The molecule has 0 atom stereocenters. The molecule has 0 fully saturated rings. The molecular formula is C11H9N3O2S2. The van der Waals surface area contributed by atoms with E-state index < -0.39 is 10.0 Å². The van der Waals surface area contributed by atoms with Crippen molar-refractivity contribution in [3.63, 3.8) is 0 Å². The first-order chi connectivity index (χ1) is 8.63. The van der Waals surface area contributed by atoms with Gasteiger partial charge in [-0.1, -0.05) is 0 Å². The molecule has 7 heteroatoms. The van der Waals surface area contributed by atoms with Crippen molar-refractivity contribution in [2.24, 2.45) is 0 Å². The molecule has 2 aromatic heterocycles. The molecule has 92 valence electrons. The third-order valence-corrected chi connectivity index (χ3v) is 4.38. The van der Waals surface area contributed by atoms with Crippen LogP contribution in [-0.2, 0) is 16.6 Å². The number of nitriles is 1. The number of hydrogen-bond acceptors (Lipinski definition) is 5. The number of hydrogen-bond donors (Lipinski definition) is 1. The van der Waals surface area contributed by atoms with Gasteiger partial charge in [0.15, 0.2) is 5.69 Å². The van der Waals surface area contributed by atoms with E-state index in [-0.39, 0.29) is 17.1 Å². The second kappa shape index (κ2) is 5.27. The molecule has 5 nitrogen and oxygen atoms in total. The van der Waals surface area contributed by atoms with Crippen LogP contribution in [0.2, 0.25) is 0 Å². The largest absolute Gasteiger partial charge is 0.244 e. The zero-order valence-corrected chi connectivity index (χ0v) is 10.8. The van der Waals surface area contributed by atoms with Crippen LogP contribution in [0.3, 0.4) is 0 Å². The minimum atomic E-state index is -3.71. The van der Waals surface area contributed by atoms with E-state index in [0.29, 0.717) is 0 Å². The third kappa shape index (κ3) is 2.73. The zero-order chi connectivity index (χ0) is 13.0. The van der Waals surface area contributed by atoms with E-state index in [4.69, 9.17) is 5.26 Å². The van der Waals surface area contributed by atoms with Crippen LogP contribution < -0.4 is 4.72 Å². The molecule has 0 amide bonds.